The topological polar surface area (TPSA) is 37.3 Å². The van der Waals surface area contributed by atoms with E-state index in [1.807, 2.05) is 0 Å². The predicted molar refractivity (Wildman–Crippen MR) is 63.0 cm³/mol. The largest absolute Gasteiger partial charge is 0.396 e. The number of rotatable bonds is 10. The van der Waals surface area contributed by atoms with E-state index in [0.717, 1.165) is 12.2 Å². The van der Waals surface area contributed by atoms with Crippen molar-refractivity contribution in [3.8, 4) is 0 Å². The van der Waals surface area contributed by atoms with E-state index >= 15 is 0 Å². The van der Waals surface area contributed by atoms with Gasteiger partial charge in [-0.3, -0.25) is 4.21 Å². The summed E-state index contributed by atoms with van der Waals surface area (Å²) in [4.78, 5) is 0. The van der Waals surface area contributed by atoms with Crippen molar-refractivity contribution in [1.82, 2.24) is 0 Å². The van der Waals surface area contributed by atoms with Crippen LogP contribution in [0.15, 0.2) is 0 Å². The van der Waals surface area contributed by atoms with Crippen LogP contribution in [0.3, 0.4) is 0 Å². The maximum atomic E-state index is 11.3. The number of hydrogen-bond acceptors (Lipinski definition) is 2. The molecule has 0 saturated carbocycles. The van der Waals surface area contributed by atoms with Crippen molar-refractivity contribution < 1.29 is 9.32 Å². The molecule has 0 radical (unpaired) electrons. The molecule has 2 nitrogen and oxygen atoms in total. The van der Waals surface area contributed by atoms with Crippen LogP contribution in [0.1, 0.15) is 51.9 Å². The average Bonchev–Trinajstić information content (AvgIpc) is 2.20. The molecule has 1 atom stereocenters. The molecular weight excluding hydrogens is 196 g/mol. The SMILES string of the molecule is CCCCCCCCS(=O)CCCO. The molecule has 14 heavy (non-hydrogen) atoms. The molecule has 0 aliphatic rings. The van der Waals surface area contributed by atoms with Crippen molar-refractivity contribution in [3.63, 3.8) is 0 Å². The Hall–Kier alpha value is 0.110. The lowest BCUT2D eigenvalue weighted by Gasteiger charge is -2.01. The third-order valence-corrected chi connectivity index (χ3v) is 3.74. The first-order chi connectivity index (χ1) is 6.81. The second kappa shape index (κ2) is 11.2. The lowest BCUT2D eigenvalue weighted by molar-refractivity contribution is 0.296. The van der Waals surface area contributed by atoms with Gasteiger partial charge < -0.3 is 5.11 Å². The zero-order valence-corrected chi connectivity index (χ0v) is 10.2. The molecule has 3 heteroatoms. The van der Waals surface area contributed by atoms with E-state index in [-0.39, 0.29) is 6.61 Å². The predicted octanol–water partition coefficient (Wildman–Crippen LogP) is 2.48. The molecule has 0 heterocycles. The third kappa shape index (κ3) is 10.2. The van der Waals surface area contributed by atoms with Gasteiger partial charge in [-0.15, -0.1) is 0 Å². The lowest BCUT2D eigenvalue weighted by Crippen LogP contribution is -2.04. The highest BCUT2D eigenvalue weighted by Gasteiger charge is 1.98. The smallest absolute Gasteiger partial charge is 0.0439 e. The summed E-state index contributed by atoms with van der Waals surface area (Å²) in [6, 6.07) is 0. The molecule has 0 aromatic carbocycles. The van der Waals surface area contributed by atoms with Crippen molar-refractivity contribution >= 4 is 10.8 Å². The van der Waals surface area contributed by atoms with Gasteiger partial charge in [-0.25, -0.2) is 0 Å². The fraction of sp³-hybridized carbons (Fsp3) is 1.00. The van der Waals surface area contributed by atoms with Crippen LogP contribution in [-0.4, -0.2) is 27.4 Å². The summed E-state index contributed by atoms with van der Waals surface area (Å²) in [5, 5.41) is 8.55. The highest BCUT2D eigenvalue weighted by Crippen LogP contribution is 2.05. The lowest BCUT2D eigenvalue weighted by atomic mass is 10.1. The summed E-state index contributed by atoms with van der Waals surface area (Å²) in [5.41, 5.74) is 0. The molecule has 0 rings (SSSR count). The van der Waals surface area contributed by atoms with Gasteiger partial charge in [0.2, 0.25) is 0 Å². The maximum absolute atomic E-state index is 11.3. The van der Waals surface area contributed by atoms with Gasteiger partial charge in [0.15, 0.2) is 0 Å². The maximum Gasteiger partial charge on any atom is 0.0439 e. The standard InChI is InChI=1S/C11H24O2S/c1-2-3-4-5-6-7-10-14(13)11-8-9-12/h12H,2-11H2,1H3. The third-order valence-electron chi connectivity index (χ3n) is 2.26. The minimum Gasteiger partial charge on any atom is -0.396 e. The van der Waals surface area contributed by atoms with Gasteiger partial charge in [0.05, 0.1) is 0 Å². The number of unbranched alkanes of at least 4 members (excludes halogenated alkanes) is 5. The van der Waals surface area contributed by atoms with Crippen LogP contribution >= 0.6 is 0 Å². The van der Waals surface area contributed by atoms with Crippen LogP contribution in [0.4, 0.5) is 0 Å². The summed E-state index contributed by atoms with van der Waals surface area (Å²) in [6.45, 7) is 2.38. The van der Waals surface area contributed by atoms with E-state index in [0.29, 0.717) is 12.2 Å². The first kappa shape index (κ1) is 14.1. The fourth-order valence-corrected chi connectivity index (χ4v) is 2.55. The monoisotopic (exact) mass is 220 g/mol. The Morgan fingerprint density at radius 1 is 0.929 bits per heavy atom. The van der Waals surface area contributed by atoms with Crippen molar-refractivity contribution in [3.05, 3.63) is 0 Å². The molecule has 0 amide bonds. The molecule has 0 aliphatic heterocycles. The van der Waals surface area contributed by atoms with Crippen LogP contribution in [0, 0.1) is 0 Å². The van der Waals surface area contributed by atoms with Gasteiger partial charge in [-0.05, 0) is 12.8 Å². The molecule has 0 saturated heterocycles. The molecule has 0 spiro atoms. The highest BCUT2D eigenvalue weighted by molar-refractivity contribution is 7.84. The van der Waals surface area contributed by atoms with Crippen LogP contribution in [0.5, 0.6) is 0 Å². The van der Waals surface area contributed by atoms with Crippen molar-refractivity contribution in [1.29, 1.82) is 0 Å². The van der Waals surface area contributed by atoms with Gasteiger partial charge in [-0.2, -0.15) is 0 Å². The Kier molecular flexibility index (Phi) is 11.3. The van der Waals surface area contributed by atoms with E-state index in [4.69, 9.17) is 5.11 Å². The van der Waals surface area contributed by atoms with E-state index < -0.39 is 10.8 Å². The summed E-state index contributed by atoms with van der Waals surface area (Å²) >= 11 is 0. The molecule has 1 unspecified atom stereocenters. The molecule has 0 aromatic heterocycles. The summed E-state index contributed by atoms with van der Waals surface area (Å²) < 4.78 is 11.3. The number of aliphatic hydroxyl groups excluding tert-OH is 1. The molecule has 1 N–H and O–H groups in total. The minimum atomic E-state index is -0.687. The van der Waals surface area contributed by atoms with Crippen LogP contribution in [0.25, 0.3) is 0 Å². The minimum absolute atomic E-state index is 0.169. The first-order valence-electron chi connectivity index (χ1n) is 5.77. The quantitative estimate of drug-likeness (QED) is 0.574. The van der Waals surface area contributed by atoms with Gasteiger partial charge in [0.25, 0.3) is 0 Å². The van der Waals surface area contributed by atoms with Gasteiger partial charge >= 0.3 is 0 Å². The van der Waals surface area contributed by atoms with Gasteiger partial charge in [-0.1, -0.05) is 39.0 Å². The van der Waals surface area contributed by atoms with Crippen molar-refractivity contribution in [2.45, 2.75) is 51.9 Å². The van der Waals surface area contributed by atoms with Crippen molar-refractivity contribution in [2.75, 3.05) is 18.1 Å². The second-order valence-electron chi connectivity index (χ2n) is 3.69. The number of hydrogen-bond donors (Lipinski definition) is 1. The van der Waals surface area contributed by atoms with Crippen LogP contribution in [-0.2, 0) is 10.8 Å². The summed E-state index contributed by atoms with van der Waals surface area (Å²) in [7, 11) is -0.687. The fourth-order valence-electron chi connectivity index (χ4n) is 1.37. The van der Waals surface area contributed by atoms with E-state index in [2.05, 4.69) is 6.92 Å². The molecular formula is C11H24O2S. The second-order valence-corrected chi connectivity index (χ2v) is 5.39. The molecule has 0 aromatic rings. The Morgan fingerprint density at radius 2 is 1.50 bits per heavy atom. The zero-order chi connectivity index (χ0) is 10.6. The van der Waals surface area contributed by atoms with Gasteiger partial charge in [0.1, 0.15) is 0 Å². The van der Waals surface area contributed by atoms with Crippen LogP contribution < -0.4 is 0 Å². The molecule has 0 bridgehead atoms. The normalized spacial score (nSPS) is 13.0. The van der Waals surface area contributed by atoms with Crippen molar-refractivity contribution in [2.24, 2.45) is 0 Å². The van der Waals surface area contributed by atoms with Crippen LogP contribution in [0.2, 0.25) is 0 Å². The average molecular weight is 220 g/mol. The zero-order valence-electron chi connectivity index (χ0n) is 9.33. The Bertz CT molecular complexity index is 137. The highest BCUT2D eigenvalue weighted by atomic mass is 32.2. The molecule has 0 aliphatic carbocycles. The molecule has 0 fully saturated rings. The molecule has 86 valence electrons. The number of aliphatic hydroxyl groups is 1. The Morgan fingerprint density at radius 3 is 2.14 bits per heavy atom. The summed E-state index contributed by atoms with van der Waals surface area (Å²) in [5.74, 6) is 1.50. The summed E-state index contributed by atoms with van der Waals surface area (Å²) in [6.07, 6.45) is 8.19. The van der Waals surface area contributed by atoms with Gasteiger partial charge in [0, 0.05) is 28.9 Å². The van der Waals surface area contributed by atoms with E-state index in [1.165, 1.54) is 32.1 Å². The Labute approximate surface area is 90.6 Å². The van der Waals surface area contributed by atoms with E-state index in [9.17, 15) is 4.21 Å². The Balaban J connectivity index is 3.07. The first-order valence-corrected chi connectivity index (χ1v) is 7.26. The van der Waals surface area contributed by atoms with E-state index in [1.54, 1.807) is 0 Å².